The smallest absolute Gasteiger partial charge is 0.0975 e. The highest BCUT2D eigenvalue weighted by atomic mass is 35.5. The minimum absolute atomic E-state index is 0.213. The van der Waals surface area contributed by atoms with Crippen LogP contribution in [-0.2, 0) is 0 Å². The molecule has 1 aliphatic carbocycles. The van der Waals surface area contributed by atoms with Crippen LogP contribution >= 0.6 is 34.8 Å². The van der Waals surface area contributed by atoms with E-state index in [1.165, 1.54) is 0 Å². The van der Waals surface area contributed by atoms with Gasteiger partial charge in [-0.3, -0.25) is 0 Å². The van der Waals surface area contributed by atoms with Crippen LogP contribution in [0.15, 0.2) is 22.3 Å². The fourth-order valence-corrected chi connectivity index (χ4v) is 2.12. The van der Waals surface area contributed by atoms with Crippen LogP contribution in [-0.4, -0.2) is 10.3 Å². The number of alkyl halides is 2. The Labute approximate surface area is 88.2 Å². The summed E-state index contributed by atoms with van der Waals surface area (Å²) in [4.78, 5) is -0.647. The molecule has 2 atom stereocenters. The Kier molecular flexibility index (Phi) is 2.82. The first-order chi connectivity index (χ1) is 5.37. The second-order valence-corrected chi connectivity index (χ2v) is 4.92. The first-order valence-electron chi connectivity index (χ1n) is 3.75. The predicted octanol–water partition coefficient (Wildman–Crippen LogP) is 4.06. The summed E-state index contributed by atoms with van der Waals surface area (Å²) < 4.78 is 0. The van der Waals surface area contributed by atoms with Crippen LogP contribution in [0.3, 0.4) is 0 Å². The van der Waals surface area contributed by atoms with E-state index >= 15 is 0 Å². The van der Waals surface area contributed by atoms with E-state index in [9.17, 15) is 0 Å². The lowest BCUT2D eigenvalue weighted by atomic mass is 9.91. The zero-order valence-corrected chi connectivity index (χ0v) is 9.56. The van der Waals surface area contributed by atoms with Crippen molar-refractivity contribution >= 4 is 34.8 Å². The van der Waals surface area contributed by atoms with Crippen LogP contribution in [0.5, 0.6) is 0 Å². The number of rotatable bonds is 0. The molecule has 0 heterocycles. The summed E-state index contributed by atoms with van der Waals surface area (Å²) in [5.41, 5.74) is 2.07. The second kappa shape index (κ2) is 3.25. The number of hydrogen-bond donors (Lipinski definition) is 0. The number of allylic oxidation sites excluding steroid dienone is 4. The first kappa shape index (κ1) is 10.4. The van der Waals surface area contributed by atoms with Gasteiger partial charge in [0.05, 0.1) is 10.3 Å². The molecule has 3 heteroatoms. The van der Waals surface area contributed by atoms with Crippen molar-refractivity contribution in [3.05, 3.63) is 22.3 Å². The Hall–Kier alpha value is 0.350. The van der Waals surface area contributed by atoms with Gasteiger partial charge in [-0.2, -0.15) is 0 Å². The maximum atomic E-state index is 6.20. The highest BCUT2D eigenvalue weighted by Gasteiger charge is 2.38. The molecule has 68 valence electrons. The average molecular weight is 226 g/mol. The second-order valence-electron chi connectivity index (χ2n) is 3.32. The summed E-state index contributed by atoms with van der Waals surface area (Å²) >= 11 is 18.3. The van der Waals surface area contributed by atoms with Gasteiger partial charge in [-0.25, -0.2) is 0 Å². The standard InChI is InChI=1S/C9H11Cl3/c1-5-4-6(2)8(11)9(3,12)7(5)10/h4,7H,1-3H3. The lowest BCUT2D eigenvalue weighted by Crippen LogP contribution is -2.33. The zero-order chi connectivity index (χ0) is 9.52. The highest BCUT2D eigenvalue weighted by molar-refractivity contribution is 6.44. The molecule has 0 spiro atoms. The van der Waals surface area contributed by atoms with Crippen LogP contribution in [0, 0.1) is 0 Å². The van der Waals surface area contributed by atoms with Gasteiger partial charge in [0.2, 0.25) is 0 Å². The van der Waals surface area contributed by atoms with Crippen LogP contribution < -0.4 is 0 Å². The van der Waals surface area contributed by atoms with Gasteiger partial charge in [-0.05, 0) is 26.3 Å². The average Bonchev–Trinajstić information content (AvgIpc) is 1.99. The van der Waals surface area contributed by atoms with Crippen molar-refractivity contribution < 1.29 is 0 Å². The van der Waals surface area contributed by atoms with E-state index < -0.39 is 4.87 Å². The molecule has 0 aliphatic heterocycles. The molecular formula is C9H11Cl3. The molecule has 0 bridgehead atoms. The third-order valence-corrected chi connectivity index (χ3v) is 4.18. The van der Waals surface area contributed by atoms with Gasteiger partial charge in [0.25, 0.3) is 0 Å². The molecule has 0 aromatic rings. The normalized spacial score (nSPS) is 36.8. The van der Waals surface area contributed by atoms with E-state index in [0.717, 1.165) is 11.1 Å². The summed E-state index contributed by atoms with van der Waals surface area (Å²) in [6.45, 7) is 5.74. The van der Waals surface area contributed by atoms with Crippen LogP contribution in [0.1, 0.15) is 20.8 Å². The van der Waals surface area contributed by atoms with Gasteiger partial charge >= 0.3 is 0 Å². The summed E-state index contributed by atoms with van der Waals surface area (Å²) in [6.07, 6.45) is 1.98. The van der Waals surface area contributed by atoms with Crippen molar-refractivity contribution in [2.24, 2.45) is 0 Å². The summed E-state index contributed by atoms with van der Waals surface area (Å²) in [5.74, 6) is 0. The molecular weight excluding hydrogens is 214 g/mol. The van der Waals surface area contributed by atoms with Gasteiger partial charge in [-0.15, -0.1) is 23.2 Å². The minimum atomic E-state index is -0.647. The van der Waals surface area contributed by atoms with Gasteiger partial charge in [-0.1, -0.05) is 23.3 Å². The molecule has 0 aromatic heterocycles. The Morgan fingerprint density at radius 1 is 1.42 bits per heavy atom. The van der Waals surface area contributed by atoms with Crippen molar-refractivity contribution in [2.75, 3.05) is 0 Å². The fraction of sp³-hybridized carbons (Fsp3) is 0.556. The largest absolute Gasteiger partial charge is 0.116 e. The van der Waals surface area contributed by atoms with Crippen molar-refractivity contribution in [3.63, 3.8) is 0 Å². The minimum Gasteiger partial charge on any atom is -0.116 e. The summed E-state index contributed by atoms with van der Waals surface area (Å²) in [6, 6.07) is 0. The van der Waals surface area contributed by atoms with E-state index in [4.69, 9.17) is 34.8 Å². The van der Waals surface area contributed by atoms with Crippen LogP contribution in [0.2, 0.25) is 0 Å². The molecule has 0 saturated heterocycles. The lowest BCUT2D eigenvalue weighted by Gasteiger charge is -2.32. The van der Waals surface area contributed by atoms with Crippen LogP contribution in [0.4, 0.5) is 0 Å². The maximum Gasteiger partial charge on any atom is 0.0975 e. The summed E-state index contributed by atoms with van der Waals surface area (Å²) in [5, 5.41) is 0.435. The zero-order valence-electron chi connectivity index (χ0n) is 7.29. The molecule has 0 N–H and O–H groups in total. The summed E-state index contributed by atoms with van der Waals surface area (Å²) in [7, 11) is 0. The third kappa shape index (κ3) is 1.53. The van der Waals surface area contributed by atoms with Gasteiger partial charge < -0.3 is 0 Å². The maximum absolute atomic E-state index is 6.20. The Bertz CT molecular complexity index is 261. The monoisotopic (exact) mass is 224 g/mol. The number of halogens is 3. The molecule has 1 rings (SSSR count). The SMILES string of the molecule is CC1=CC(C)=C(Cl)C(C)(Cl)C1Cl. The van der Waals surface area contributed by atoms with Crippen molar-refractivity contribution in [2.45, 2.75) is 31.0 Å². The highest BCUT2D eigenvalue weighted by Crippen LogP contribution is 2.43. The quantitative estimate of drug-likeness (QED) is 0.545. The van der Waals surface area contributed by atoms with Gasteiger partial charge in [0, 0.05) is 5.03 Å². The molecule has 0 fully saturated rings. The molecule has 1 aliphatic rings. The Balaban J connectivity index is 3.18. The first-order valence-corrected chi connectivity index (χ1v) is 4.94. The van der Waals surface area contributed by atoms with E-state index in [2.05, 4.69) is 0 Å². The molecule has 12 heavy (non-hydrogen) atoms. The van der Waals surface area contributed by atoms with Crippen molar-refractivity contribution in [1.29, 1.82) is 0 Å². The molecule has 0 saturated carbocycles. The van der Waals surface area contributed by atoms with E-state index in [-0.39, 0.29) is 5.38 Å². The lowest BCUT2D eigenvalue weighted by molar-refractivity contribution is 0.736. The van der Waals surface area contributed by atoms with Crippen LogP contribution in [0.25, 0.3) is 0 Å². The van der Waals surface area contributed by atoms with E-state index in [1.54, 1.807) is 0 Å². The Morgan fingerprint density at radius 2 is 1.92 bits per heavy atom. The topological polar surface area (TPSA) is 0 Å². The molecule has 0 radical (unpaired) electrons. The van der Waals surface area contributed by atoms with E-state index in [1.807, 2.05) is 26.8 Å². The third-order valence-electron chi connectivity index (χ3n) is 2.10. The van der Waals surface area contributed by atoms with Gasteiger partial charge in [0.15, 0.2) is 0 Å². The Morgan fingerprint density at radius 3 is 2.42 bits per heavy atom. The molecule has 2 unspecified atom stereocenters. The van der Waals surface area contributed by atoms with Gasteiger partial charge in [0.1, 0.15) is 0 Å². The molecule has 0 aromatic carbocycles. The van der Waals surface area contributed by atoms with Crippen molar-refractivity contribution in [3.8, 4) is 0 Å². The predicted molar refractivity (Wildman–Crippen MR) is 56.2 cm³/mol. The molecule has 0 nitrogen and oxygen atoms in total. The number of hydrogen-bond acceptors (Lipinski definition) is 0. The van der Waals surface area contributed by atoms with Crippen molar-refractivity contribution in [1.82, 2.24) is 0 Å². The fourth-order valence-electron chi connectivity index (χ4n) is 1.40. The molecule has 0 amide bonds. The van der Waals surface area contributed by atoms with E-state index in [0.29, 0.717) is 5.03 Å².